The zero-order chi connectivity index (χ0) is 26.1. The van der Waals surface area contributed by atoms with Crippen LogP contribution in [0.25, 0.3) is 11.1 Å². The molecule has 0 fully saturated rings. The van der Waals surface area contributed by atoms with Crippen molar-refractivity contribution >= 4 is 22.2 Å². The summed E-state index contributed by atoms with van der Waals surface area (Å²) in [6.45, 7) is 4.14. The molecule has 0 aliphatic heterocycles. The van der Waals surface area contributed by atoms with E-state index in [0.29, 0.717) is 0 Å². The predicted octanol–water partition coefficient (Wildman–Crippen LogP) is -0.117. The minimum absolute atomic E-state index is 0. The van der Waals surface area contributed by atoms with Crippen LogP contribution in [-0.2, 0) is 21.2 Å². The molecule has 1 N–H and O–H groups in total. The fourth-order valence-electron chi connectivity index (χ4n) is 5.95. The number of carbonyl (C=O) groups is 1. The number of amides is 1. The van der Waals surface area contributed by atoms with E-state index in [1.807, 2.05) is 12.1 Å². The van der Waals surface area contributed by atoms with Crippen LogP contribution in [0, 0.1) is 13.8 Å². The van der Waals surface area contributed by atoms with Gasteiger partial charge in [-0.2, -0.15) is 0 Å². The Balaban J connectivity index is 0.00000185. The number of hydrogen-bond donors (Lipinski definition) is 1. The molecule has 0 spiro atoms. The second kappa shape index (κ2) is 13.3. The minimum Gasteiger partial charge on any atom is -1.00 e. The van der Waals surface area contributed by atoms with Crippen LogP contribution in [0.5, 0.6) is 0 Å². The van der Waals surface area contributed by atoms with E-state index in [-0.39, 0.29) is 34.3 Å². The summed E-state index contributed by atoms with van der Waals surface area (Å²) in [5.41, 5.74) is 8.42. The predicted molar refractivity (Wildman–Crippen MR) is 156 cm³/mol. The normalized spacial score (nSPS) is 11.6. The van der Waals surface area contributed by atoms with Gasteiger partial charge < -0.3 is 24.8 Å². The first-order chi connectivity index (χ1) is 18.6. The Hall–Kier alpha value is -2.75. The number of hydrogen-bond acceptors (Lipinski definition) is 1. The summed E-state index contributed by atoms with van der Waals surface area (Å²) >= 11 is -2.87. The van der Waals surface area contributed by atoms with E-state index in [4.69, 9.17) is 0 Å². The van der Waals surface area contributed by atoms with E-state index in [1.165, 1.54) is 32.6 Å². The zero-order valence-electron chi connectivity index (χ0n) is 22.4. The van der Waals surface area contributed by atoms with Crippen LogP contribution < -0.4 is 38.4 Å². The molecule has 0 unspecified atom stereocenters. The summed E-state index contributed by atoms with van der Waals surface area (Å²) in [6, 6.07) is 45.9. The molecular weight excluding hydrogens is 629 g/mol. The fraction of sp³-hybridized carbons (Fsp3) is 0.0882. The molecule has 0 saturated carbocycles. The van der Waals surface area contributed by atoms with Gasteiger partial charge in [0.1, 0.15) is 0 Å². The van der Waals surface area contributed by atoms with Crippen molar-refractivity contribution in [2.45, 2.75) is 17.5 Å². The molecule has 40 heavy (non-hydrogen) atoms. The maximum Gasteiger partial charge on any atom is -1.00 e. The van der Waals surface area contributed by atoms with Crippen molar-refractivity contribution in [2.75, 3.05) is 0 Å². The largest absolute Gasteiger partial charge is 1.00 e. The van der Waals surface area contributed by atoms with Crippen molar-refractivity contribution in [3.63, 3.8) is 0 Å². The summed E-state index contributed by atoms with van der Waals surface area (Å²) in [4.78, 5) is 14.1. The molecular formula is C34H30Cl2NOSiZr. The summed E-state index contributed by atoms with van der Waals surface area (Å²) in [5.74, 6) is -1.69. The van der Waals surface area contributed by atoms with Gasteiger partial charge in [-0.05, 0) is 0 Å². The zero-order valence-corrected chi connectivity index (χ0v) is 27.6. The number of fused-ring (bicyclic) bond motifs is 3. The van der Waals surface area contributed by atoms with Crippen molar-refractivity contribution in [3.05, 3.63) is 155 Å². The average molecular weight is 659 g/mol. The van der Waals surface area contributed by atoms with Gasteiger partial charge >= 0.3 is 235 Å². The molecule has 1 aliphatic rings. The van der Waals surface area contributed by atoms with Crippen LogP contribution in [0.15, 0.2) is 127 Å². The number of halogens is 2. The smallest absolute Gasteiger partial charge is 1.00 e. The topological polar surface area (TPSA) is 29.1 Å². The molecule has 0 aromatic heterocycles. The molecule has 0 radical (unpaired) electrons. The van der Waals surface area contributed by atoms with Crippen LogP contribution in [0.4, 0.5) is 0 Å². The number of benzene rings is 5. The number of carbonyl (C=O) groups excluding carboxylic acids is 1. The molecule has 0 bridgehead atoms. The summed E-state index contributed by atoms with van der Waals surface area (Å²) in [6.07, 6.45) is 0. The van der Waals surface area contributed by atoms with Crippen LogP contribution in [0.3, 0.4) is 0 Å². The fourth-order valence-corrected chi connectivity index (χ4v) is 27.5. The third-order valence-corrected chi connectivity index (χ3v) is 26.8. The molecule has 0 atom stereocenters. The Morgan fingerprint density at radius 3 is 1.52 bits per heavy atom. The summed E-state index contributed by atoms with van der Waals surface area (Å²) in [7, 11) is 0. The third kappa shape index (κ3) is 5.97. The Bertz CT molecular complexity index is 1510. The van der Waals surface area contributed by atoms with Gasteiger partial charge in [0.05, 0.1) is 0 Å². The third-order valence-electron chi connectivity index (χ3n) is 7.46. The van der Waals surface area contributed by atoms with Gasteiger partial charge in [-0.1, -0.05) is 0 Å². The van der Waals surface area contributed by atoms with Crippen LogP contribution in [0.1, 0.15) is 36.2 Å². The van der Waals surface area contributed by atoms with Crippen molar-refractivity contribution in [2.24, 2.45) is 0 Å². The first-order valence-corrected chi connectivity index (χ1v) is 21.8. The molecule has 5 aromatic carbocycles. The van der Waals surface area contributed by atoms with Crippen LogP contribution >= 0.6 is 0 Å². The Kier molecular flexibility index (Phi) is 10.0. The second-order valence-corrected chi connectivity index (χ2v) is 24.6. The summed E-state index contributed by atoms with van der Waals surface area (Å²) < 4.78 is 4.09. The van der Waals surface area contributed by atoms with Crippen molar-refractivity contribution in [1.29, 1.82) is 0 Å². The van der Waals surface area contributed by atoms with E-state index < -0.39 is 27.1 Å². The molecule has 6 rings (SSSR count). The molecule has 1 amide bonds. The first-order valence-electron chi connectivity index (χ1n) is 13.1. The van der Waals surface area contributed by atoms with Gasteiger partial charge in [0, 0.05) is 0 Å². The Morgan fingerprint density at radius 2 is 1.05 bits per heavy atom. The van der Waals surface area contributed by atoms with Crippen molar-refractivity contribution < 1.29 is 50.8 Å². The van der Waals surface area contributed by atoms with E-state index in [2.05, 4.69) is 132 Å². The van der Waals surface area contributed by atoms with E-state index in [9.17, 15) is 4.79 Å². The molecule has 0 saturated heterocycles. The monoisotopic (exact) mass is 656 g/mol. The number of nitrogens with one attached hydrogen (secondary N) is 1. The van der Waals surface area contributed by atoms with Gasteiger partial charge in [0.15, 0.2) is 0 Å². The first kappa shape index (κ1) is 30.2. The molecule has 0 heterocycles. The van der Waals surface area contributed by atoms with Crippen LogP contribution in [0.2, 0.25) is 0 Å². The van der Waals surface area contributed by atoms with Gasteiger partial charge in [-0.25, -0.2) is 0 Å². The maximum absolute atomic E-state index is 14.1. The molecule has 199 valence electrons. The molecule has 5 aromatic rings. The van der Waals surface area contributed by atoms with E-state index in [0.717, 1.165) is 16.7 Å². The second-order valence-electron chi connectivity index (χ2n) is 10.1. The standard InChI is InChI=1S/C13H9.C12H11Si.C9H11NO.2ClH.Zr/c1-3-7-12-10(5-1)9-11-6-2-4-8-13(11)12;1-3-7-11(8-4-1)13-12-9-5-2-6-10-12;1-6-3-7(2)5-8(4-6)9(10)11;;;/h1-9H;1-10,13H;3-5H,1-2H3,(H2,10,11);2*1H;/q;;;;;+3/p-3. The number of rotatable bonds is 6. The van der Waals surface area contributed by atoms with Gasteiger partial charge in [0.2, 0.25) is 0 Å². The SMILES string of the molecule is Cc1cc(C)cc(C(=O)[NH][Zr+2]([CH]2c3ccccc3-c3ccccc32)[SiH](c2ccccc2)c2ccccc2)c1.[Cl-].[Cl-]. The van der Waals surface area contributed by atoms with Crippen molar-refractivity contribution in [1.82, 2.24) is 3.26 Å². The maximum atomic E-state index is 14.1. The minimum atomic E-state index is -2.87. The van der Waals surface area contributed by atoms with Gasteiger partial charge in [-0.3, -0.25) is 0 Å². The molecule has 2 nitrogen and oxygen atoms in total. The van der Waals surface area contributed by atoms with Crippen molar-refractivity contribution in [3.8, 4) is 11.1 Å². The molecule has 1 aliphatic carbocycles. The number of aryl methyl sites for hydroxylation is 2. The van der Waals surface area contributed by atoms with E-state index >= 15 is 0 Å². The van der Waals surface area contributed by atoms with Gasteiger partial charge in [-0.15, -0.1) is 0 Å². The average Bonchev–Trinajstić information content (AvgIpc) is 3.28. The quantitative estimate of drug-likeness (QED) is 0.254. The Morgan fingerprint density at radius 1 is 0.625 bits per heavy atom. The summed E-state index contributed by atoms with van der Waals surface area (Å²) in [5, 5.41) is 2.83. The van der Waals surface area contributed by atoms with E-state index in [1.54, 1.807) is 0 Å². The van der Waals surface area contributed by atoms with Crippen LogP contribution in [-0.4, -0.2) is 11.8 Å². The Labute approximate surface area is 258 Å². The molecule has 6 heteroatoms. The van der Waals surface area contributed by atoms with Gasteiger partial charge in [0.25, 0.3) is 0 Å².